The molecule has 0 fully saturated rings. The van der Waals surface area contributed by atoms with Crippen LogP contribution in [-0.2, 0) is 11.8 Å². The third-order valence-electron chi connectivity index (χ3n) is 3.61. The standard InChI is InChI=1S/C18H13F4N3O2/c1-25-14-4-2-3-13(19)16(14)17(24-25)23-15(26)10-7-11-5-8-12(9-6-11)27-18(20,21)22/h2-10H,1H3,(H,23,24,26)/b10-7-. The number of aromatic nitrogens is 2. The third-order valence-corrected chi connectivity index (χ3v) is 3.61. The van der Waals surface area contributed by atoms with Crippen molar-refractivity contribution in [1.82, 2.24) is 9.78 Å². The van der Waals surface area contributed by atoms with Crippen molar-refractivity contribution < 1.29 is 27.1 Å². The van der Waals surface area contributed by atoms with Gasteiger partial charge in [-0.25, -0.2) is 4.39 Å². The lowest BCUT2D eigenvalue weighted by molar-refractivity contribution is -0.274. The molecule has 0 aliphatic rings. The van der Waals surface area contributed by atoms with E-state index < -0.39 is 18.1 Å². The molecular formula is C18H13F4N3O2. The van der Waals surface area contributed by atoms with Crippen molar-refractivity contribution in [3.8, 4) is 5.75 Å². The average Bonchev–Trinajstić information content (AvgIpc) is 2.90. The highest BCUT2D eigenvalue weighted by atomic mass is 19.4. The molecule has 0 bridgehead atoms. The zero-order valence-electron chi connectivity index (χ0n) is 13.9. The molecule has 0 saturated carbocycles. The first kappa shape index (κ1) is 18.4. The molecule has 0 radical (unpaired) electrons. The van der Waals surface area contributed by atoms with Crippen LogP contribution in [0.1, 0.15) is 5.56 Å². The van der Waals surface area contributed by atoms with Gasteiger partial charge in [0.05, 0.1) is 10.9 Å². The second-order valence-electron chi connectivity index (χ2n) is 5.55. The van der Waals surface area contributed by atoms with Gasteiger partial charge in [0.1, 0.15) is 11.6 Å². The van der Waals surface area contributed by atoms with Crippen LogP contribution in [0.25, 0.3) is 17.0 Å². The number of fused-ring (bicyclic) bond motifs is 1. The van der Waals surface area contributed by atoms with E-state index in [2.05, 4.69) is 15.2 Å². The van der Waals surface area contributed by atoms with E-state index >= 15 is 0 Å². The van der Waals surface area contributed by atoms with Gasteiger partial charge in [-0.1, -0.05) is 18.2 Å². The minimum Gasteiger partial charge on any atom is -0.406 e. The number of alkyl halides is 3. The van der Waals surface area contributed by atoms with E-state index in [9.17, 15) is 22.4 Å². The van der Waals surface area contributed by atoms with Crippen molar-refractivity contribution in [3.63, 3.8) is 0 Å². The first-order chi connectivity index (χ1) is 12.7. The van der Waals surface area contributed by atoms with Gasteiger partial charge in [0, 0.05) is 13.1 Å². The highest BCUT2D eigenvalue weighted by Crippen LogP contribution is 2.25. The van der Waals surface area contributed by atoms with Crippen LogP contribution >= 0.6 is 0 Å². The van der Waals surface area contributed by atoms with Crippen molar-refractivity contribution in [2.45, 2.75) is 6.36 Å². The number of carbonyl (C=O) groups is 1. The minimum atomic E-state index is -4.77. The summed E-state index contributed by atoms with van der Waals surface area (Å²) in [6.45, 7) is 0. The molecule has 3 aromatic rings. The summed E-state index contributed by atoms with van der Waals surface area (Å²) in [5.41, 5.74) is 1.01. The summed E-state index contributed by atoms with van der Waals surface area (Å²) in [5.74, 6) is -1.36. The van der Waals surface area contributed by atoms with E-state index in [-0.39, 0.29) is 17.0 Å². The van der Waals surface area contributed by atoms with Crippen LogP contribution in [-0.4, -0.2) is 22.1 Å². The molecule has 1 aromatic heterocycles. The number of hydrogen-bond donors (Lipinski definition) is 1. The highest BCUT2D eigenvalue weighted by Gasteiger charge is 2.30. The Labute approximate surface area is 150 Å². The topological polar surface area (TPSA) is 56.2 Å². The lowest BCUT2D eigenvalue weighted by atomic mass is 10.2. The summed E-state index contributed by atoms with van der Waals surface area (Å²) < 4.78 is 55.6. The van der Waals surface area contributed by atoms with Gasteiger partial charge in [-0.2, -0.15) is 5.10 Å². The summed E-state index contributed by atoms with van der Waals surface area (Å²) >= 11 is 0. The SMILES string of the molecule is Cn1nc(NC(=O)/C=C\c2ccc(OC(F)(F)F)cc2)c2c(F)cccc21. The number of ether oxygens (including phenoxy) is 1. The number of aryl methyl sites for hydroxylation is 1. The molecule has 0 aliphatic carbocycles. The second kappa shape index (κ2) is 7.10. The van der Waals surface area contributed by atoms with Crippen LogP contribution in [0.2, 0.25) is 0 Å². The van der Waals surface area contributed by atoms with Gasteiger partial charge in [0.2, 0.25) is 5.91 Å². The van der Waals surface area contributed by atoms with Crippen LogP contribution < -0.4 is 10.1 Å². The Morgan fingerprint density at radius 1 is 1.19 bits per heavy atom. The minimum absolute atomic E-state index is 0.0779. The zero-order valence-corrected chi connectivity index (χ0v) is 13.9. The zero-order chi connectivity index (χ0) is 19.6. The number of halogens is 4. The molecule has 3 rings (SSSR count). The molecule has 1 amide bonds. The van der Waals surface area contributed by atoms with Crippen LogP contribution in [0.4, 0.5) is 23.4 Å². The number of nitrogens with zero attached hydrogens (tertiary/aromatic N) is 2. The first-order valence-corrected chi connectivity index (χ1v) is 7.69. The van der Waals surface area contributed by atoms with Gasteiger partial charge in [-0.05, 0) is 35.9 Å². The summed E-state index contributed by atoms with van der Waals surface area (Å²) in [6, 6.07) is 9.46. The molecule has 0 atom stereocenters. The Morgan fingerprint density at radius 3 is 2.56 bits per heavy atom. The third kappa shape index (κ3) is 4.43. The Kier molecular flexibility index (Phi) is 4.85. The van der Waals surface area contributed by atoms with E-state index in [0.29, 0.717) is 11.1 Å². The van der Waals surface area contributed by atoms with Crippen LogP contribution in [0.5, 0.6) is 5.75 Å². The predicted octanol–water partition coefficient (Wildman–Crippen LogP) is 4.26. The average molecular weight is 379 g/mol. The fraction of sp³-hybridized carbons (Fsp3) is 0.111. The summed E-state index contributed by atoms with van der Waals surface area (Å²) in [4.78, 5) is 12.1. The van der Waals surface area contributed by atoms with Gasteiger partial charge in [0.15, 0.2) is 5.82 Å². The molecule has 0 spiro atoms. The lowest BCUT2D eigenvalue weighted by Gasteiger charge is -2.08. The number of rotatable bonds is 4. The Bertz CT molecular complexity index is 1010. The second-order valence-corrected chi connectivity index (χ2v) is 5.55. The first-order valence-electron chi connectivity index (χ1n) is 7.69. The van der Waals surface area contributed by atoms with Crippen molar-refractivity contribution in [2.75, 3.05) is 5.32 Å². The number of benzene rings is 2. The number of amides is 1. The smallest absolute Gasteiger partial charge is 0.406 e. The molecule has 5 nitrogen and oxygen atoms in total. The lowest BCUT2D eigenvalue weighted by Crippen LogP contribution is -2.16. The van der Waals surface area contributed by atoms with Gasteiger partial charge in [0.25, 0.3) is 0 Å². The maximum absolute atomic E-state index is 14.0. The summed E-state index contributed by atoms with van der Waals surface area (Å²) in [5, 5.41) is 6.76. The van der Waals surface area contributed by atoms with Crippen molar-refractivity contribution in [3.05, 3.63) is 59.9 Å². The maximum Gasteiger partial charge on any atom is 0.573 e. The fourth-order valence-electron chi connectivity index (χ4n) is 2.47. The van der Waals surface area contributed by atoms with Crippen LogP contribution in [0.15, 0.2) is 48.5 Å². The van der Waals surface area contributed by atoms with E-state index in [1.807, 2.05) is 0 Å². The molecule has 0 aliphatic heterocycles. The number of carbonyl (C=O) groups excluding carboxylic acids is 1. The summed E-state index contributed by atoms with van der Waals surface area (Å²) in [7, 11) is 1.62. The number of anilines is 1. The highest BCUT2D eigenvalue weighted by molar-refractivity contribution is 6.06. The molecule has 0 saturated heterocycles. The van der Waals surface area contributed by atoms with Gasteiger partial charge < -0.3 is 10.1 Å². The normalized spacial score (nSPS) is 11.9. The Morgan fingerprint density at radius 2 is 1.89 bits per heavy atom. The Hall–Kier alpha value is -3.36. The van der Waals surface area contributed by atoms with Gasteiger partial charge >= 0.3 is 6.36 Å². The predicted molar refractivity (Wildman–Crippen MR) is 91.5 cm³/mol. The van der Waals surface area contributed by atoms with E-state index in [0.717, 1.165) is 12.1 Å². The molecule has 1 heterocycles. The van der Waals surface area contributed by atoms with Crippen LogP contribution in [0.3, 0.4) is 0 Å². The molecule has 0 unspecified atom stereocenters. The molecule has 9 heteroatoms. The fourth-order valence-corrected chi connectivity index (χ4v) is 2.47. The molecule has 27 heavy (non-hydrogen) atoms. The molecule has 2 aromatic carbocycles. The van der Waals surface area contributed by atoms with Crippen molar-refractivity contribution >= 4 is 28.7 Å². The maximum atomic E-state index is 14.0. The van der Waals surface area contributed by atoms with Gasteiger partial charge in [-0.3, -0.25) is 9.48 Å². The monoisotopic (exact) mass is 379 g/mol. The molecular weight excluding hydrogens is 366 g/mol. The van der Waals surface area contributed by atoms with Crippen molar-refractivity contribution in [1.29, 1.82) is 0 Å². The van der Waals surface area contributed by atoms with E-state index in [1.165, 1.54) is 41.1 Å². The van der Waals surface area contributed by atoms with Crippen molar-refractivity contribution in [2.24, 2.45) is 7.05 Å². The number of nitrogens with one attached hydrogen (secondary N) is 1. The van der Waals surface area contributed by atoms with E-state index in [1.54, 1.807) is 13.1 Å². The molecule has 1 N–H and O–H groups in total. The largest absolute Gasteiger partial charge is 0.573 e. The summed E-state index contributed by atoms with van der Waals surface area (Å²) in [6.07, 6.45) is -2.20. The van der Waals surface area contributed by atoms with E-state index in [4.69, 9.17) is 0 Å². The Balaban J connectivity index is 1.71. The van der Waals surface area contributed by atoms with Crippen LogP contribution in [0, 0.1) is 5.82 Å². The number of hydrogen-bond acceptors (Lipinski definition) is 3. The van der Waals surface area contributed by atoms with Gasteiger partial charge in [-0.15, -0.1) is 13.2 Å². The molecule has 140 valence electrons. The quantitative estimate of drug-likeness (QED) is 0.544.